The molecule has 2 rings (SSSR count). The minimum atomic E-state index is 0.0909. The third-order valence-corrected chi connectivity index (χ3v) is 2.84. The summed E-state index contributed by atoms with van der Waals surface area (Å²) in [5, 5.41) is 3.35. The Labute approximate surface area is 101 Å². The van der Waals surface area contributed by atoms with Crippen LogP contribution >= 0.6 is 12.2 Å². The van der Waals surface area contributed by atoms with Gasteiger partial charge in [0.05, 0.1) is 5.69 Å². The van der Waals surface area contributed by atoms with Gasteiger partial charge >= 0.3 is 0 Å². The highest BCUT2D eigenvalue weighted by atomic mass is 32.1. The van der Waals surface area contributed by atoms with Crippen LogP contribution in [-0.2, 0) is 5.41 Å². The number of aromatic nitrogens is 2. The Morgan fingerprint density at radius 3 is 2.25 bits per heavy atom. The van der Waals surface area contributed by atoms with E-state index in [0.717, 1.165) is 16.0 Å². The first-order valence-corrected chi connectivity index (χ1v) is 5.77. The van der Waals surface area contributed by atoms with Crippen molar-refractivity contribution in [3.05, 3.63) is 46.7 Å². The van der Waals surface area contributed by atoms with E-state index >= 15 is 0 Å². The molecule has 2 aromatic rings. The Balaban J connectivity index is 2.53. The van der Waals surface area contributed by atoms with Crippen LogP contribution < -0.4 is 0 Å². The van der Waals surface area contributed by atoms with Gasteiger partial charge in [0, 0.05) is 11.1 Å². The summed E-state index contributed by atoms with van der Waals surface area (Å²) in [6.07, 6.45) is 0. The van der Waals surface area contributed by atoms with E-state index in [9.17, 15) is 0 Å². The van der Waals surface area contributed by atoms with Crippen molar-refractivity contribution in [2.24, 2.45) is 0 Å². The van der Waals surface area contributed by atoms with Gasteiger partial charge in [-0.15, -0.1) is 0 Å². The first-order valence-electron chi connectivity index (χ1n) is 5.36. The van der Waals surface area contributed by atoms with Crippen LogP contribution in [0.15, 0.2) is 36.4 Å². The summed E-state index contributed by atoms with van der Waals surface area (Å²) in [4.78, 5) is 0. The second-order valence-electron chi connectivity index (χ2n) is 4.93. The average molecular weight is 232 g/mol. The molecule has 0 aliphatic carbocycles. The Kier molecular flexibility index (Phi) is 2.72. The van der Waals surface area contributed by atoms with Gasteiger partial charge in [-0.1, -0.05) is 51.2 Å². The fraction of sp³-hybridized carbons (Fsp3) is 0.308. The molecule has 0 aliphatic heterocycles. The highest BCUT2D eigenvalue weighted by Gasteiger charge is 2.16. The third kappa shape index (κ3) is 2.09. The summed E-state index contributed by atoms with van der Waals surface area (Å²) < 4.78 is 2.76. The molecular weight excluding hydrogens is 216 g/mol. The van der Waals surface area contributed by atoms with Crippen molar-refractivity contribution >= 4 is 12.2 Å². The van der Waals surface area contributed by atoms with E-state index in [4.69, 9.17) is 12.2 Å². The Morgan fingerprint density at radius 1 is 1.12 bits per heavy atom. The Bertz CT molecular complexity index is 529. The van der Waals surface area contributed by atoms with E-state index in [-0.39, 0.29) is 5.41 Å². The maximum atomic E-state index is 5.36. The molecule has 0 bridgehead atoms. The number of nitrogens with zero attached hydrogens (tertiary/aromatic N) is 1. The van der Waals surface area contributed by atoms with Gasteiger partial charge < -0.3 is 0 Å². The van der Waals surface area contributed by atoms with Gasteiger partial charge in [0.25, 0.3) is 0 Å². The molecule has 0 unspecified atom stereocenters. The number of nitrogens with one attached hydrogen (secondary N) is 1. The molecule has 2 nitrogen and oxygen atoms in total. The number of hydrogen-bond donors (Lipinski definition) is 1. The third-order valence-electron chi connectivity index (χ3n) is 2.54. The highest BCUT2D eigenvalue weighted by molar-refractivity contribution is 7.71. The van der Waals surface area contributed by atoms with Gasteiger partial charge in [-0.05, 0) is 18.2 Å². The minimum Gasteiger partial charge on any atom is -0.296 e. The summed E-state index contributed by atoms with van der Waals surface area (Å²) in [7, 11) is 0. The zero-order valence-corrected chi connectivity index (χ0v) is 10.6. The molecule has 1 N–H and O–H groups in total. The summed E-state index contributed by atoms with van der Waals surface area (Å²) in [5.74, 6) is 0. The Morgan fingerprint density at radius 2 is 1.75 bits per heavy atom. The van der Waals surface area contributed by atoms with Crippen LogP contribution in [0, 0.1) is 4.64 Å². The lowest BCUT2D eigenvalue weighted by Crippen LogP contribution is -2.12. The van der Waals surface area contributed by atoms with E-state index in [1.165, 1.54) is 0 Å². The molecule has 1 aromatic heterocycles. The zero-order valence-electron chi connectivity index (χ0n) is 9.82. The lowest BCUT2D eigenvalue weighted by molar-refractivity contribution is 0.560. The predicted octanol–water partition coefficient (Wildman–Crippen LogP) is 3.83. The molecule has 0 atom stereocenters. The van der Waals surface area contributed by atoms with Gasteiger partial charge in [0.15, 0.2) is 0 Å². The van der Waals surface area contributed by atoms with Crippen LogP contribution in [-0.4, -0.2) is 9.78 Å². The maximum Gasteiger partial charge on any atom is 0.127 e. The van der Waals surface area contributed by atoms with Crippen molar-refractivity contribution in [2.45, 2.75) is 26.2 Å². The van der Waals surface area contributed by atoms with Crippen molar-refractivity contribution in [2.75, 3.05) is 0 Å². The summed E-state index contributed by atoms with van der Waals surface area (Å²) in [6.45, 7) is 6.51. The van der Waals surface area contributed by atoms with Gasteiger partial charge in [0.1, 0.15) is 4.64 Å². The van der Waals surface area contributed by atoms with E-state index < -0.39 is 0 Å². The summed E-state index contributed by atoms with van der Waals surface area (Å²) >= 11 is 5.36. The topological polar surface area (TPSA) is 20.7 Å². The lowest BCUT2D eigenvalue weighted by atomic mass is 9.93. The fourth-order valence-electron chi connectivity index (χ4n) is 1.55. The molecule has 0 spiro atoms. The average Bonchev–Trinajstić information content (AvgIpc) is 2.61. The number of aromatic amines is 1. The molecule has 0 radical (unpaired) electrons. The maximum absolute atomic E-state index is 5.36. The summed E-state index contributed by atoms with van der Waals surface area (Å²) in [5.41, 5.74) is 2.32. The smallest absolute Gasteiger partial charge is 0.127 e. The largest absolute Gasteiger partial charge is 0.296 e. The SMILES string of the molecule is CC(C)(C)c1cc(=S)n(-c2ccccc2)[nH]1. The minimum absolute atomic E-state index is 0.0909. The van der Waals surface area contributed by atoms with Gasteiger partial charge in [-0.3, -0.25) is 5.10 Å². The van der Waals surface area contributed by atoms with E-state index in [1.54, 1.807) is 0 Å². The van der Waals surface area contributed by atoms with Crippen LogP contribution in [0.1, 0.15) is 26.5 Å². The van der Waals surface area contributed by atoms with Crippen molar-refractivity contribution in [3.63, 3.8) is 0 Å². The molecule has 0 aliphatic rings. The Hall–Kier alpha value is -1.35. The molecule has 1 aromatic carbocycles. The number of benzene rings is 1. The number of H-pyrrole nitrogens is 1. The van der Waals surface area contributed by atoms with Crippen molar-refractivity contribution in [1.82, 2.24) is 9.78 Å². The van der Waals surface area contributed by atoms with E-state index in [2.05, 4.69) is 25.9 Å². The highest BCUT2D eigenvalue weighted by Crippen LogP contribution is 2.21. The van der Waals surface area contributed by atoms with Crippen LogP contribution in [0.25, 0.3) is 5.69 Å². The first kappa shape index (κ1) is 11.1. The normalized spacial score (nSPS) is 11.7. The van der Waals surface area contributed by atoms with Gasteiger partial charge in [-0.2, -0.15) is 0 Å². The standard InChI is InChI=1S/C13H16N2S/c1-13(2,3)11-9-12(16)15(14-11)10-7-5-4-6-8-10/h4-9,14H,1-3H3. The number of rotatable bonds is 1. The van der Waals surface area contributed by atoms with Crippen LogP contribution in [0.2, 0.25) is 0 Å². The molecule has 0 saturated carbocycles. The number of hydrogen-bond acceptors (Lipinski definition) is 1. The fourth-order valence-corrected chi connectivity index (χ4v) is 1.82. The summed E-state index contributed by atoms with van der Waals surface area (Å²) in [6, 6.07) is 12.1. The molecule has 16 heavy (non-hydrogen) atoms. The quantitative estimate of drug-likeness (QED) is 0.741. The molecule has 0 saturated heterocycles. The van der Waals surface area contributed by atoms with Crippen LogP contribution in [0.3, 0.4) is 0 Å². The molecule has 3 heteroatoms. The second-order valence-corrected chi connectivity index (χ2v) is 5.35. The monoisotopic (exact) mass is 232 g/mol. The molecular formula is C13H16N2S. The van der Waals surface area contributed by atoms with Gasteiger partial charge in [0.2, 0.25) is 0 Å². The molecule has 0 amide bonds. The molecule has 0 fully saturated rings. The van der Waals surface area contributed by atoms with Crippen molar-refractivity contribution < 1.29 is 0 Å². The second kappa shape index (κ2) is 3.91. The van der Waals surface area contributed by atoms with Crippen molar-refractivity contribution in [3.8, 4) is 5.69 Å². The zero-order chi connectivity index (χ0) is 11.8. The predicted molar refractivity (Wildman–Crippen MR) is 69.7 cm³/mol. The van der Waals surface area contributed by atoms with Crippen LogP contribution in [0.4, 0.5) is 0 Å². The lowest BCUT2D eigenvalue weighted by Gasteiger charge is -2.15. The number of para-hydroxylation sites is 1. The van der Waals surface area contributed by atoms with E-state index in [1.807, 2.05) is 41.1 Å². The molecule has 84 valence electrons. The van der Waals surface area contributed by atoms with E-state index in [0.29, 0.717) is 0 Å². The van der Waals surface area contributed by atoms with Crippen molar-refractivity contribution in [1.29, 1.82) is 0 Å². The van der Waals surface area contributed by atoms with Gasteiger partial charge in [-0.25, -0.2) is 4.68 Å². The molecule has 1 heterocycles. The first-order chi connectivity index (χ1) is 7.48. The van der Waals surface area contributed by atoms with Crippen LogP contribution in [0.5, 0.6) is 0 Å².